The molecule has 77 heavy (non-hydrogen) atoms. The van der Waals surface area contributed by atoms with Gasteiger partial charge < -0.3 is 35.6 Å². The third kappa shape index (κ3) is 12.6. The molecule has 3 heterocycles. The summed E-state index contributed by atoms with van der Waals surface area (Å²) in [4.78, 5) is 65.0. The van der Waals surface area contributed by atoms with E-state index in [0.717, 1.165) is 72.6 Å². The van der Waals surface area contributed by atoms with E-state index in [2.05, 4.69) is 137 Å². The molecular formula is C63H80N8O6. The van der Waals surface area contributed by atoms with Crippen LogP contribution in [0.15, 0.2) is 123 Å². The van der Waals surface area contributed by atoms with Gasteiger partial charge in [-0.05, 0) is 137 Å². The molecule has 1 saturated heterocycles. The van der Waals surface area contributed by atoms with Crippen molar-refractivity contribution in [3.05, 3.63) is 146 Å². The molecule has 1 saturated carbocycles. The van der Waals surface area contributed by atoms with Crippen LogP contribution < -0.4 is 21.4 Å². The topological polar surface area (TPSA) is 177 Å². The normalized spacial score (nSPS) is 23.5. The molecular weight excluding hydrogens is 965 g/mol. The summed E-state index contributed by atoms with van der Waals surface area (Å²) in [6.45, 7) is 21.3. The lowest BCUT2D eigenvalue weighted by Crippen LogP contribution is -2.53. The average Bonchev–Trinajstić information content (AvgIpc) is 4.22. The van der Waals surface area contributed by atoms with Gasteiger partial charge in [-0.1, -0.05) is 117 Å². The van der Waals surface area contributed by atoms with Gasteiger partial charge in [0.25, 0.3) is 0 Å². The molecule has 0 spiro atoms. The highest BCUT2D eigenvalue weighted by Crippen LogP contribution is 2.42. The molecule has 6 aliphatic rings. The fourth-order valence-electron chi connectivity index (χ4n) is 12.2. The van der Waals surface area contributed by atoms with Crippen molar-refractivity contribution in [2.75, 3.05) is 32.8 Å². The Morgan fingerprint density at radius 2 is 1.55 bits per heavy atom. The van der Waals surface area contributed by atoms with Gasteiger partial charge in [-0.3, -0.25) is 29.6 Å². The lowest BCUT2D eigenvalue weighted by atomic mass is 9.77. The second kappa shape index (κ2) is 23.6. The number of hydrogen-bond acceptors (Lipinski definition) is 11. The number of amidine groups is 1. The van der Waals surface area contributed by atoms with Gasteiger partial charge in [0.1, 0.15) is 18.6 Å². The number of carbonyl (C=O) groups is 4. The summed E-state index contributed by atoms with van der Waals surface area (Å²) in [5.74, 6) is -1.08. The molecule has 4 unspecified atom stereocenters. The summed E-state index contributed by atoms with van der Waals surface area (Å²) >= 11 is 0. The molecule has 408 valence electrons. The first-order valence-electron chi connectivity index (χ1n) is 27.9. The Balaban J connectivity index is 0.712. The van der Waals surface area contributed by atoms with Crippen LogP contribution in [0, 0.1) is 24.2 Å². The second-order valence-electron chi connectivity index (χ2n) is 23.5. The number of nitrogens with zero attached hydrogens (tertiary/aromatic N) is 4. The number of aliphatic hydroxyl groups is 1. The Kier molecular flexibility index (Phi) is 17.0. The van der Waals surface area contributed by atoms with Crippen LogP contribution >= 0.6 is 0 Å². The Morgan fingerprint density at radius 3 is 2.22 bits per heavy atom. The average molecular weight is 1050 g/mol. The van der Waals surface area contributed by atoms with Gasteiger partial charge in [0.15, 0.2) is 5.78 Å². The summed E-state index contributed by atoms with van der Waals surface area (Å²) in [5.41, 5.74) is 17.8. The molecule has 0 radical (unpaired) electrons. The van der Waals surface area contributed by atoms with Gasteiger partial charge in [0.2, 0.25) is 17.7 Å². The van der Waals surface area contributed by atoms with E-state index in [1.165, 1.54) is 44.7 Å². The Bertz CT molecular complexity index is 2900. The number of ether oxygens (including phenoxy) is 1. The number of carbonyl (C=O) groups excluding carboxylic acids is 4. The van der Waals surface area contributed by atoms with Crippen LogP contribution in [0.1, 0.15) is 146 Å². The van der Waals surface area contributed by atoms with Crippen molar-refractivity contribution in [1.29, 1.82) is 0 Å². The number of amides is 3. The van der Waals surface area contributed by atoms with Gasteiger partial charge >= 0.3 is 0 Å². The number of hydrazone groups is 1. The summed E-state index contributed by atoms with van der Waals surface area (Å²) in [6, 6.07) is 23.9. The number of likely N-dealkylation sites (tertiary alicyclic amines) is 1. The van der Waals surface area contributed by atoms with Crippen molar-refractivity contribution in [2.24, 2.45) is 27.3 Å². The summed E-state index contributed by atoms with van der Waals surface area (Å²) in [6.07, 6.45) is 7.55. The molecule has 3 aliphatic carbocycles. The smallest absolute Gasteiger partial charge is 0.246 e. The number of aryl methyl sites for hydroxylation is 1. The summed E-state index contributed by atoms with van der Waals surface area (Å²) in [5, 5.41) is 24.6. The third-order valence-corrected chi connectivity index (χ3v) is 16.9. The minimum absolute atomic E-state index is 0.0624. The van der Waals surface area contributed by atoms with Crippen LogP contribution in [0.4, 0.5) is 0 Å². The molecule has 0 bridgehead atoms. The fraction of sp³-hybridized carbons (Fsp3) is 0.492. The lowest BCUT2D eigenvalue weighted by molar-refractivity contribution is -0.138. The molecule has 0 aromatic heterocycles. The molecule has 3 aromatic carbocycles. The van der Waals surface area contributed by atoms with E-state index < -0.39 is 29.4 Å². The van der Waals surface area contributed by atoms with Crippen LogP contribution in [-0.2, 0) is 30.5 Å². The number of Topliss-reactive ketones (excluding diaryl/α,β-unsaturated/α-hetero) is 1. The molecule has 3 aliphatic heterocycles. The van der Waals surface area contributed by atoms with Gasteiger partial charge in [-0.2, -0.15) is 5.10 Å². The first-order chi connectivity index (χ1) is 36.8. The van der Waals surface area contributed by atoms with Crippen molar-refractivity contribution in [1.82, 2.24) is 31.2 Å². The molecule has 14 heteroatoms. The predicted molar refractivity (Wildman–Crippen MR) is 303 cm³/mol. The number of aliphatic imine (C=N–C) groups is 1. The third-order valence-electron chi connectivity index (χ3n) is 16.9. The zero-order valence-electron chi connectivity index (χ0n) is 46.7. The van der Waals surface area contributed by atoms with Crippen LogP contribution in [0.5, 0.6) is 0 Å². The number of fused-ring (bicyclic) bond motifs is 2. The largest absolute Gasteiger partial charge is 0.393 e. The van der Waals surface area contributed by atoms with Gasteiger partial charge in [-0.15, -0.1) is 0 Å². The van der Waals surface area contributed by atoms with E-state index in [1.54, 1.807) is 0 Å². The van der Waals surface area contributed by atoms with Crippen molar-refractivity contribution in [3.8, 4) is 0 Å². The maximum Gasteiger partial charge on any atom is 0.246 e. The van der Waals surface area contributed by atoms with Crippen molar-refractivity contribution >= 4 is 40.6 Å². The monoisotopic (exact) mass is 1040 g/mol. The number of aliphatic hydroxyl groups excluding tert-OH is 1. The minimum Gasteiger partial charge on any atom is -0.393 e. The zero-order chi connectivity index (χ0) is 54.7. The second-order valence-corrected chi connectivity index (χ2v) is 23.5. The van der Waals surface area contributed by atoms with Crippen LogP contribution in [0.3, 0.4) is 0 Å². The van der Waals surface area contributed by atoms with E-state index >= 15 is 0 Å². The van der Waals surface area contributed by atoms with Gasteiger partial charge in [-0.25, -0.2) is 0 Å². The molecule has 5 N–H and O–H groups in total. The quantitative estimate of drug-likeness (QED) is 0.0780. The fourth-order valence-corrected chi connectivity index (χ4v) is 12.2. The first kappa shape index (κ1) is 55.3. The van der Waals surface area contributed by atoms with Gasteiger partial charge in [0, 0.05) is 42.3 Å². The number of nitrogens with one attached hydrogen (secondary N) is 4. The lowest BCUT2D eigenvalue weighted by Gasteiger charge is -2.33. The van der Waals surface area contributed by atoms with Gasteiger partial charge in [0.05, 0.1) is 48.9 Å². The van der Waals surface area contributed by atoms with Crippen molar-refractivity contribution in [3.63, 3.8) is 0 Å². The molecule has 3 amide bonds. The molecule has 9 rings (SSSR count). The van der Waals surface area contributed by atoms with Crippen molar-refractivity contribution < 1.29 is 29.0 Å². The number of benzene rings is 3. The molecule has 3 aromatic rings. The zero-order valence-corrected chi connectivity index (χ0v) is 46.7. The van der Waals surface area contributed by atoms with Crippen LogP contribution in [-0.4, -0.2) is 107 Å². The molecule has 2 fully saturated rings. The standard InChI is InChI=1S/C63H80N8O6/c1-37-13-17-48(18-14-37)58-57-40(4)39(3)31-54(57)71-42(6)68-69-61(71)53(66-58)34-55(73)65-41(5)44-21-23-45(24-22-44)46-25-27-70(28-26-46)29-30-77-36-56(74)67-60(63(7,8)9)59(75)51-32-49(72)33-52(51)62(76)64-35-43-15-19-47(20-16-43)50-12-10-11-38(50)2/h10-11,13-24,41,46,49,51-53,60-61,69,72H,12,25-36H2,1-9H3,(H,64,76)(H,65,73)(H,67,74)/t41-,49?,51?,52+,53?,60+,61?/m0/s1. The minimum atomic E-state index is -0.860. The van der Waals surface area contributed by atoms with E-state index in [0.29, 0.717) is 25.6 Å². The number of rotatable bonds is 18. The Hall–Kier alpha value is -6.48. The van der Waals surface area contributed by atoms with E-state index in [1.807, 2.05) is 46.8 Å². The van der Waals surface area contributed by atoms with E-state index in [4.69, 9.17) is 9.73 Å². The highest BCUT2D eigenvalue weighted by atomic mass is 16.5. The predicted octanol–water partition coefficient (Wildman–Crippen LogP) is 8.73. The highest BCUT2D eigenvalue weighted by molar-refractivity contribution is 6.17. The maximum atomic E-state index is 14.2. The number of ketones is 1. The van der Waals surface area contributed by atoms with Crippen LogP contribution in [0.25, 0.3) is 5.57 Å². The van der Waals surface area contributed by atoms with E-state index in [-0.39, 0.29) is 67.6 Å². The summed E-state index contributed by atoms with van der Waals surface area (Å²) < 4.78 is 5.88. The first-order valence-corrected chi connectivity index (χ1v) is 27.9. The van der Waals surface area contributed by atoms with Crippen molar-refractivity contribution in [2.45, 2.75) is 150 Å². The molecule has 7 atom stereocenters. The Morgan fingerprint density at radius 1 is 0.857 bits per heavy atom. The number of allylic oxidation sites excluding steroid dienone is 7. The number of piperidine rings is 1. The molecule has 14 nitrogen and oxygen atoms in total. The highest BCUT2D eigenvalue weighted by Gasteiger charge is 2.47. The number of hydrogen-bond donors (Lipinski definition) is 5. The Labute approximate surface area is 455 Å². The van der Waals surface area contributed by atoms with Crippen LogP contribution in [0.2, 0.25) is 0 Å². The summed E-state index contributed by atoms with van der Waals surface area (Å²) in [7, 11) is 0. The SMILES string of the molecule is CC1=NNC2C(CC(=O)N[C@@H](C)c3ccc(C4CCN(CCOCC(=O)N[C@H](C(=O)C5CC(O)C[C@H]5C(=O)NCc5ccc(C6=C(C)C=CC6)cc5)C(C)(C)C)CC4)cc3)N=C(c3ccc(C)cc3)C3=C(CC(C)=C3C)N12. The maximum absolute atomic E-state index is 14.2. The van der Waals surface area contributed by atoms with E-state index in [9.17, 15) is 24.3 Å².